The van der Waals surface area contributed by atoms with Crippen LogP contribution >= 0.6 is 11.6 Å². The van der Waals surface area contributed by atoms with Gasteiger partial charge in [0.15, 0.2) is 0 Å². The molecular formula is C24H17ClO8S4. The highest BCUT2D eigenvalue weighted by Crippen LogP contribution is 2.29. The molecule has 0 saturated carbocycles. The van der Waals surface area contributed by atoms with Gasteiger partial charge in [0.2, 0.25) is 19.7 Å². The van der Waals surface area contributed by atoms with Crippen LogP contribution in [0.2, 0.25) is 5.02 Å². The molecule has 37 heavy (non-hydrogen) atoms. The molecule has 192 valence electrons. The first-order valence-electron chi connectivity index (χ1n) is 10.3. The molecule has 0 N–H and O–H groups in total. The Balaban J connectivity index is 1.64. The summed E-state index contributed by atoms with van der Waals surface area (Å²) in [6.45, 7) is 0. The van der Waals surface area contributed by atoms with Crippen molar-refractivity contribution in [3.05, 3.63) is 108 Å². The van der Waals surface area contributed by atoms with E-state index in [1.807, 2.05) is 0 Å². The van der Waals surface area contributed by atoms with Gasteiger partial charge >= 0.3 is 0 Å². The average Bonchev–Trinajstić information content (AvgIpc) is 2.89. The van der Waals surface area contributed by atoms with Crippen molar-refractivity contribution in [2.24, 2.45) is 0 Å². The van der Waals surface area contributed by atoms with Crippen molar-refractivity contribution in [3.63, 3.8) is 0 Å². The van der Waals surface area contributed by atoms with Crippen LogP contribution in [0.15, 0.2) is 133 Å². The molecule has 0 aliphatic heterocycles. The maximum atomic E-state index is 13.0. The summed E-state index contributed by atoms with van der Waals surface area (Å²) in [6, 6.07) is 20.5. The smallest absolute Gasteiger partial charge is 0.219 e. The number of hydrogen-bond acceptors (Lipinski definition) is 8. The normalized spacial score (nSPS) is 12.8. The minimum absolute atomic E-state index is 0.0518. The van der Waals surface area contributed by atoms with E-state index in [0.29, 0.717) is 0 Å². The van der Waals surface area contributed by atoms with E-state index in [4.69, 9.17) is 11.6 Å². The average molecular weight is 597 g/mol. The Morgan fingerprint density at radius 2 is 0.622 bits per heavy atom. The second kappa shape index (κ2) is 9.69. The summed E-state index contributed by atoms with van der Waals surface area (Å²) >= 11 is 5.73. The topological polar surface area (TPSA) is 137 Å². The summed E-state index contributed by atoms with van der Waals surface area (Å²) < 4.78 is 103. The predicted octanol–water partition coefficient (Wildman–Crippen LogP) is 4.17. The predicted molar refractivity (Wildman–Crippen MR) is 136 cm³/mol. The Labute approximate surface area is 219 Å². The summed E-state index contributed by atoms with van der Waals surface area (Å²) in [5, 5.41) is 0.219. The summed E-state index contributed by atoms with van der Waals surface area (Å²) in [6.07, 6.45) is 0. The number of sulfone groups is 2. The van der Waals surface area contributed by atoms with E-state index in [2.05, 4.69) is 0 Å². The van der Waals surface area contributed by atoms with Gasteiger partial charge in [-0.1, -0.05) is 29.8 Å². The fraction of sp³-hybridized carbons (Fsp3) is 0. The Morgan fingerprint density at radius 3 is 0.973 bits per heavy atom. The lowest BCUT2D eigenvalue weighted by Gasteiger charge is -2.09. The molecule has 0 aromatic heterocycles. The maximum Gasteiger partial charge on any atom is 0.286 e. The summed E-state index contributed by atoms with van der Waals surface area (Å²) in [4.78, 5) is -1.70. The van der Waals surface area contributed by atoms with Crippen LogP contribution in [0.3, 0.4) is 0 Å². The fourth-order valence-corrected chi connectivity index (χ4v) is 9.61. The van der Waals surface area contributed by atoms with E-state index in [1.54, 1.807) is 18.2 Å². The molecule has 0 aliphatic rings. The molecule has 0 fully saturated rings. The molecule has 4 aromatic carbocycles. The van der Waals surface area contributed by atoms with Gasteiger partial charge in [0.05, 0.1) is 29.4 Å². The van der Waals surface area contributed by atoms with E-state index in [-0.39, 0.29) is 24.6 Å². The molecule has 8 nitrogen and oxygen atoms in total. The second-order valence-corrected chi connectivity index (χ2v) is 17.4. The molecule has 0 atom stereocenters. The molecule has 4 aromatic rings. The zero-order valence-corrected chi connectivity index (χ0v) is 22.6. The Hall–Kier alpha value is -3.03. The third-order valence-electron chi connectivity index (χ3n) is 5.31. The molecule has 0 aliphatic carbocycles. The summed E-state index contributed by atoms with van der Waals surface area (Å²) in [7, 11) is -17.8. The molecule has 0 unspecified atom stereocenters. The summed E-state index contributed by atoms with van der Waals surface area (Å²) in [5.74, 6) is 0. The zero-order valence-electron chi connectivity index (χ0n) is 18.6. The van der Waals surface area contributed by atoms with Crippen molar-refractivity contribution in [2.45, 2.75) is 29.4 Å². The van der Waals surface area contributed by atoms with Crippen LogP contribution in [0, 0.1) is 0 Å². The van der Waals surface area contributed by atoms with E-state index in [0.717, 1.165) is 60.7 Å². The Bertz CT molecular complexity index is 1880. The highest BCUT2D eigenvalue weighted by molar-refractivity contribution is 8.67. The van der Waals surface area contributed by atoms with Gasteiger partial charge in [-0.3, -0.25) is 0 Å². The van der Waals surface area contributed by atoms with Gasteiger partial charge in [-0.2, -0.15) is 0 Å². The van der Waals surface area contributed by atoms with Gasteiger partial charge in [-0.15, -0.1) is 0 Å². The maximum absolute atomic E-state index is 13.0. The van der Waals surface area contributed by atoms with Gasteiger partial charge in [0.1, 0.15) is 0 Å². The minimum atomic E-state index is -4.91. The van der Waals surface area contributed by atoms with Crippen molar-refractivity contribution in [1.82, 2.24) is 0 Å². The summed E-state index contributed by atoms with van der Waals surface area (Å²) in [5.41, 5.74) is 0. The first-order chi connectivity index (χ1) is 17.3. The highest BCUT2D eigenvalue weighted by Gasteiger charge is 2.34. The van der Waals surface area contributed by atoms with Crippen LogP contribution in [-0.2, 0) is 37.4 Å². The van der Waals surface area contributed by atoms with Gasteiger partial charge in [0, 0.05) is 5.02 Å². The molecule has 0 amide bonds. The molecule has 0 radical (unpaired) electrons. The van der Waals surface area contributed by atoms with Crippen molar-refractivity contribution in [1.29, 1.82) is 0 Å². The van der Waals surface area contributed by atoms with E-state index < -0.39 is 47.2 Å². The largest absolute Gasteiger partial charge is 0.286 e. The zero-order chi connectivity index (χ0) is 27.1. The van der Waals surface area contributed by atoms with E-state index in [1.165, 1.54) is 24.3 Å². The third kappa shape index (κ3) is 4.94. The monoisotopic (exact) mass is 596 g/mol. The first-order valence-corrected chi connectivity index (χ1v) is 17.1. The third-order valence-corrected chi connectivity index (χ3v) is 14.3. The van der Waals surface area contributed by atoms with Gasteiger partial charge in [-0.05, 0) is 84.9 Å². The Kier molecular flexibility index (Phi) is 7.08. The first kappa shape index (κ1) is 27.0. The lowest BCUT2D eigenvalue weighted by molar-refractivity contribution is 0.582. The number of hydrogen-bond donors (Lipinski definition) is 0. The van der Waals surface area contributed by atoms with Crippen molar-refractivity contribution >= 4 is 49.0 Å². The molecular weight excluding hydrogens is 580 g/mol. The molecule has 0 heterocycles. The second-order valence-electron chi connectivity index (χ2n) is 7.62. The van der Waals surface area contributed by atoms with Crippen molar-refractivity contribution < 1.29 is 33.7 Å². The lowest BCUT2D eigenvalue weighted by Crippen LogP contribution is -2.16. The number of halogens is 1. The van der Waals surface area contributed by atoms with E-state index >= 15 is 0 Å². The number of benzene rings is 4. The van der Waals surface area contributed by atoms with Gasteiger partial charge in [-0.25, -0.2) is 33.7 Å². The van der Waals surface area contributed by atoms with Crippen LogP contribution in [0.5, 0.6) is 0 Å². The van der Waals surface area contributed by atoms with E-state index in [9.17, 15) is 33.7 Å². The quantitative estimate of drug-likeness (QED) is 0.290. The fourth-order valence-electron chi connectivity index (χ4n) is 3.31. The lowest BCUT2D eigenvalue weighted by atomic mass is 10.4. The highest BCUT2D eigenvalue weighted by atomic mass is 35.5. The standard InChI is InChI=1S/C24H17ClO8S4/c25-18-6-8-23(9-7-18)36(30,31)37(32,33)24-16-14-22(15-17-24)35(28,29)21-12-10-20(11-13-21)34(26,27)19-4-2-1-3-5-19/h1-17H. The van der Waals surface area contributed by atoms with Crippen LogP contribution < -0.4 is 0 Å². The van der Waals surface area contributed by atoms with Crippen LogP contribution in [0.25, 0.3) is 0 Å². The van der Waals surface area contributed by atoms with Crippen molar-refractivity contribution in [2.75, 3.05) is 0 Å². The van der Waals surface area contributed by atoms with Gasteiger partial charge in [0.25, 0.3) is 17.7 Å². The van der Waals surface area contributed by atoms with Crippen LogP contribution in [0.1, 0.15) is 0 Å². The molecule has 0 saturated heterocycles. The SMILES string of the molecule is O=S(=O)(c1ccccc1)c1ccc(S(=O)(=O)c2ccc(S(=O)(=O)S(=O)(=O)c3ccc(Cl)cc3)cc2)cc1. The van der Waals surface area contributed by atoms with Crippen molar-refractivity contribution in [3.8, 4) is 0 Å². The van der Waals surface area contributed by atoms with Crippen LogP contribution in [0.4, 0.5) is 0 Å². The molecule has 0 bridgehead atoms. The van der Waals surface area contributed by atoms with Gasteiger partial charge < -0.3 is 0 Å². The van der Waals surface area contributed by atoms with Crippen LogP contribution in [-0.4, -0.2) is 33.7 Å². The minimum Gasteiger partial charge on any atom is -0.219 e. The molecule has 13 heteroatoms. The Morgan fingerprint density at radius 1 is 0.351 bits per heavy atom. The molecule has 0 spiro atoms. The number of rotatable bonds is 7. The molecule has 4 rings (SSSR count).